The lowest BCUT2D eigenvalue weighted by molar-refractivity contribution is -0.133. The Bertz CT molecular complexity index is 490. The SMILES string of the molecule is CC(NCc1ccccc1C1CC1)C(=O)N1CCCCC1. The number of carbonyl (C=O) groups excluding carboxylic acids is 1. The molecule has 1 aliphatic heterocycles. The summed E-state index contributed by atoms with van der Waals surface area (Å²) < 4.78 is 0. The molecular formula is C18H26N2O. The Morgan fingerprint density at radius 2 is 1.95 bits per heavy atom. The van der Waals surface area contributed by atoms with Crippen molar-refractivity contribution in [3.05, 3.63) is 35.4 Å². The molecule has 1 aromatic carbocycles. The van der Waals surface area contributed by atoms with Gasteiger partial charge in [0.25, 0.3) is 0 Å². The highest BCUT2D eigenvalue weighted by molar-refractivity contribution is 5.81. The van der Waals surface area contributed by atoms with Crippen molar-refractivity contribution >= 4 is 5.91 Å². The molecule has 1 unspecified atom stereocenters. The third-order valence-corrected chi connectivity index (χ3v) is 4.71. The number of nitrogens with one attached hydrogen (secondary N) is 1. The first kappa shape index (κ1) is 14.6. The van der Waals surface area contributed by atoms with Crippen LogP contribution < -0.4 is 5.32 Å². The lowest BCUT2D eigenvalue weighted by atomic mass is 10.0. The fourth-order valence-electron chi connectivity index (χ4n) is 3.23. The van der Waals surface area contributed by atoms with E-state index in [0.29, 0.717) is 0 Å². The minimum atomic E-state index is -0.0876. The molecule has 3 nitrogen and oxygen atoms in total. The second kappa shape index (κ2) is 6.61. The smallest absolute Gasteiger partial charge is 0.239 e. The molecule has 2 aliphatic rings. The summed E-state index contributed by atoms with van der Waals surface area (Å²) in [5.41, 5.74) is 2.83. The van der Waals surface area contributed by atoms with Gasteiger partial charge in [-0.2, -0.15) is 0 Å². The van der Waals surface area contributed by atoms with Gasteiger partial charge >= 0.3 is 0 Å². The Morgan fingerprint density at radius 1 is 1.24 bits per heavy atom. The minimum absolute atomic E-state index is 0.0876. The van der Waals surface area contributed by atoms with Gasteiger partial charge in [0, 0.05) is 19.6 Å². The molecule has 0 spiro atoms. The highest BCUT2D eigenvalue weighted by atomic mass is 16.2. The molecule has 1 atom stereocenters. The monoisotopic (exact) mass is 286 g/mol. The third-order valence-electron chi connectivity index (χ3n) is 4.71. The first-order chi connectivity index (χ1) is 10.3. The first-order valence-corrected chi connectivity index (χ1v) is 8.35. The zero-order chi connectivity index (χ0) is 14.7. The van der Waals surface area contributed by atoms with E-state index in [1.54, 1.807) is 0 Å². The number of piperidine rings is 1. The molecule has 3 rings (SSSR count). The van der Waals surface area contributed by atoms with E-state index in [4.69, 9.17) is 0 Å². The van der Waals surface area contributed by atoms with Crippen LogP contribution in [-0.2, 0) is 11.3 Å². The van der Waals surface area contributed by atoms with Crippen LogP contribution in [0.25, 0.3) is 0 Å². The van der Waals surface area contributed by atoms with Crippen LogP contribution in [0, 0.1) is 0 Å². The maximum Gasteiger partial charge on any atom is 0.239 e. The largest absolute Gasteiger partial charge is 0.341 e. The molecule has 1 aliphatic carbocycles. The summed E-state index contributed by atoms with van der Waals surface area (Å²) in [5, 5.41) is 3.43. The summed E-state index contributed by atoms with van der Waals surface area (Å²) in [6, 6.07) is 8.57. The van der Waals surface area contributed by atoms with E-state index in [0.717, 1.165) is 38.4 Å². The topological polar surface area (TPSA) is 32.3 Å². The predicted molar refractivity (Wildman–Crippen MR) is 85.1 cm³/mol. The highest BCUT2D eigenvalue weighted by Crippen LogP contribution is 2.41. The van der Waals surface area contributed by atoms with Gasteiger partial charge in [0.05, 0.1) is 6.04 Å². The predicted octanol–water partition coefficient (Wildman–Crippen LogP) is 3.05. The average molecular weight is 286 g/mol. The van der Waals surface area contributed by atoms with Crippen LogP contribution in [0.15, 0.2) is 24.3 Å². The number of benzene rings is 1. The Hall–Kier alpha value is -1.35. The van der Waals surface area contributed by atoms with Gasteiger partial charge in [0.1, 0.15) is 0 Å². The summed E-state index contributed by atoms with van der Waals surface area (Å²) >= 11 is 0. The molecule has 3 heteroatoms. The fourth-order valence-corrected chi connectivity index (χ4v) is 3.23. The molecule has 1 aromatic rings. The van der Waals surface area contributed by atoms with E-state index in [-0.39, 0.29) is 11.9 Å². The minimum Gasteiger partial charge on any atom is -0.341 e. The standard InChI is InChI=1S/C18H26N2O/c1-14(18(21)20-11-5-2-6-12-20)19-13-16-7-3-4-8-17(16)15-9-10-15/h3-4,7-8,14-15,19H,2,5-6,9-13H2,1H3. The molecule has 0 bridgehead atoms. The molecule has 21 heavy (non-hydrogen) atoms. The molecule has 1 amide bonds. The van der Waals surface area contributed by atoms with Crippen molar-refractivity contribution in [1.29, 1.82) is 0 Å². The van der Waals surface area contributed by atoms with E-state index in [1.165, 1.54) is 30.4 Å². The van der Waals surface area contributed by atoms with Gasteiger partial charge in [-0.05, 0) is 56.1 Å². The molecule has 0 aromatic heterocycles. The maximum absolute atomic E-state index is 12.4. The molecule has 1 N–H and O–H groups in total. The van der Waals surface area contributed by atoms with Crippen LogP contribution >= 0.6 is 0 Å². The van der Waals surface area contributed by atoms with Gasteiger partial charge in [-0.1, -0.05) is 24.3 Å². The normalized spacial score (nSPS) is 20.3. The molecule has 2 fully saturated rings. The van der Waals surface area contributed by atoms with E-state index in [1.807, 2.05) is 11.8 Å². The van der Waals surface area contributed by atoms with Crippen molar-refractivity contribution < 1.29 is 4.79 Å². The number of likely N-dealkylation sites (tertiary alicyclic amines) is 1. The zero-order valence-corrected chi connectivity index (χ0v) is 13.0. The number of rotatable bonds is 5. The van der Waals surface area contributed by atoms with Gasteiger partial charge in [0.2, 0.25) is 5.91 Å². The average Bonchev–Trinajstić information content (AvgIpc) is 3.38. The summed E-state index contributed by atoms with van der Waals surface area (Å²) in [7, 11) is 0. The lowest BCUT2D eigenvalue weighted by Crippen LogP contribution is -2.46. The van der Waals surface area contributed by atoms with Gasteiger partial charge in [-0.15, -0.1) is 0 Å². The van der Waals surface area contributed by atoms with Crippen LogP contribution in [0.5, 0.6) is 0 Å². The number of carbonyl (C=O) groups is 1. The molecule has 1 saturated carbocycles. The Morgan fingerprint density at radius 3 is 2.67 bits per heavy atom. The van der Waals surface area contributed by atoms with Crippen LogP contribution in [0.2, 0.25) is 0 Å². The van der Waals surface area contributed by atoms with E-state index < -0.39 is 0 Å². The number of nitrogens with zero attached hydrogens (tertiary/aromatic N) is 1. The Balaban J connectivity index is 1.55. The second-order valence-corrected chi connectivity index (χ2v) is 6.46. The van der Waals surface area contributed by atoms with E-state index >= 15 is 0 Å². The number of hydrogen-bond acceptors (Lipinski definition) is 2. The Kier molecular flexibility index (Phi) is 4.59. The number of amides is 1. The second-order valence-electron chi connectivity index (χ2n) is 6.46. The molecule has 0 radical (unpaired) electrons. The van der Waals surface area contributed by atoms with Crippen molar-refractivity contribution in [2.75, 3.05) is 13.1 Å². The number of hydrogen-bond donors (Lipinski definition) is 1. The molecule has 114 valence electrons. The van der Waals surface area contributed by atoms with Crippen molar-refractivity contribution in [3.63, 3.8) is 0 Å². The lowest BCUT2D eigenvalue weighted by Gasteiger charge is -2.29. The van der Waals surface area contributed by atoms with E-state index in [9.17, 15) is 4.79 Å². The maximum atomic E-state index is 12.4. The van der Waals surface area contributed by atoms with Crippen molar-refractivity contribution in [2.24, 2.45) is 0 Å². The van der Waals surface area contributed by atoms with Gasteiger partial charge in [-0.25, -0.2) is 0 Å². The van der Waals surface area contributed by atoms with Crippen molar-refractivity contribution in [3.8, 4) is 0 Å². The van der Waals surface area contributed by atoms with Crippen molar-refractivity contribution in [2.45, 2.75) is 57.5 Å². The first-order valence-electron chi connectivity index (χ1n) is 8.35. The summed E-state index contributed by atoms with van der Waals surface area (Å²) in [5.74, 6) is 1.02. The summed E-state index contributed by atoms with van der Waals surface area (Å²) in [6.45, 7) is 4.66. The third kappa shape index (κ3) is 3.65. The summed E-state index contributed by atoms with van der Waals surface area (Å²) in [6.07, 6.45) is 6.21. The molecular weight excluding hydrogens is 260 g/mol. The fraction of sp³-hybridized carbons (Fsp3) is 0.611. The van der Waals surface area contributed by atoms with Crippen molar-refractivity contribution in [1.82, 2.24) is 10.2 Å². The Labute approximate surface area is 127 Å². The quantitative estimate of drug-likeness (QED) is 0.902. The van der Waals surface area contributed by atoms with E-state index in [2.05, 4.69) is 29.6 Å². The van der Waals surface area contributed by atoms with Crippen LogP contribution in [0.3, 0.4) is 0 Å². The summed E-state index contributed by atoms with van der Waals surface area (Å²) in [4.78, 5) is 14.4. The van der Waals surface area contributed by atoms with Crippen LogP contribution in [-0.4, -0.2) is 29.9 Å². The highest BCUT2D eigenvalue weighted by Gasteiger charge is 2.26. The zero-order valence-electron chi connectivity index (χ0n) is 13.0. The van der Waals surface area contributed by atoms with Gasteiger partial charge in [-0.3, -0.25) is 4.79 Å². The van der Waals surface area contributed by atoms with Crippen LogP contribution in [0.1, 0.15) is 56.1 Å². The van der Waals surface area contributed by atoms with Gasteiger partial charge in [0.15, 0.2) is 0 Å². The van der Waals surface area contributed by atoms with Gasteiger partial charge < -0.3 is 10.2 Å². The molecule has 1 saturated heterocycles. The molecule has 1 heterocycles. The van der Waals surface area contributed by atoms with Crippen LogP contribution in [0.4, 0.5) is 0 Å².